The predicted octanol–water partition coefficient (Wildman–Crippen LogP) is 7.38. The summed E-state index contributed by atoms with van der Waals surface area (Å²) in [5.74, 6) is -1.25. The van der Waals surface area contributed by atoms with Crippen molar-refractivity contribution in [2.45, 2.75) is 39.0 Å². The van der Waals surface area contributed by atoms with E-state index in [4.69, 9.17) is 19.7 Å². The number of aromatic hydroxyl groups is 1. The molecule has 0 heterocycles. The number of alkyl halides is 6. The smallest absolute Gasteiger partial charge is 0.399 e. The lowest BCUT2D eigenvalue weighted by atomic mass is 10.3. The van der Waals surface area contributed by atoms with Gasteiger partial charge in [0.05, 0.1) is 0 Å². The molecule has 0 fully saturated rings. The standard InChI is InChI=1S/C13H13F3O3.C11H12O2.C3H3F3O2/c1-9(2)8-18-10-3-5-11(6-4-10)19-12(17)7-13(14,15)16;1-8(2)9(3)13-11-6-4-10(12)5-7-11;4-3(5,6)1-2(7)8/h3-6H,1,7-8H2,2H3;4-7,12H,1,3H2,2H3;1H2,(H,7,8). The zero-order valence-corrected chi connectivity index (χ0v) is 21.6. The van der Waals surface area contributed by atoms with Crippen molar-refractivity contribution in [3.05, 3.63) is 85.2 Å². The number of aliphatic carboxylic acids is 1. The van der Waals surface area contributed by atoms with Gasteiger partial charge in [0.25, 0.3) is 0 Å². The van der Waals surface area contributed by atoms with Gasteiger partial charge in [-0.2, -0.15) is 26.3 Å². The van der Waals surface area contributed by atoms with E-state index in [-0.39, 0.29) is 11.5 Å². The number of carbonyl (C=O) groups is 2. The summed E-state index contributed by atoms with van der Waals surface area (Å²) in [6.07, 6.45) is -12.5. The maximum absolute atomic E-state index is 11.9. The Morgan fingerprint density at radius 1 is 0.750 bits per heavy atom. The van der Waals surface area contributed by atoms with Crippen LogP contribution >= 0.6 is 0 Å². The molecular formula is C27H28F6O7. The highest BCUT2D eigenvalue weighted by molar-refractivity contribution is 5.73. The SMILES string of the molecule is C=C(C)C(=C)Oc1ccc(O)cc1.C=C(C)COc1ccc(OC(=O)CC(F)(F)F)cc1.O=C(O)CC(F)(F)F. The van der Waals surface area contributed by atoms with E-state index in [0.29, 0.717) is 23.9 Å². The Balaban J connectivity index is 0.000000626. The van der Waals surface area contributed by atoms with E-state index in [9.17, 15) is 35.9 Å². The Morgan fingerprint density at radius 2 is 1.18 bits per heavy atom. The largest absolute Gasteiger partial charge is 0.508 e. The number of allylic oxidation sites excluding steroid dienone is 1. The number of esters is 1. The highest BCUT2D eigenvalue weighted by Crippen LogP contribution is 2.23. The molecular weight excluding hydrogens is 550 g/mol. The monoisotopic (exact) mass is 578 g/mol. The van der Waals surface area contributed by atoms with E-state index in [0.717, 1.165) is 11.1 Å². The second-order valence-electron chi connectivity index (χ2n) is 7.97. The van der Waals surface area contributed by atoms with Gasteiger partial charge in [0, 0.05) is 0 Å². The Hall–Kier alpha value is -4.42. The molecule has 0 aliphatic carbocycles. The van der Waals surface area contributed by atoms with Crippen LogP contribution in [0, 0.1) is 0 Å². The third-order valence-corrected chi connectivity index (χ3v) is 3.79. The van der Waals surface area contributed by atoms with Gasteiger partial charge in [-0.1, -0.05) is 19.7 Å². The summed E-state index contributed by atoms with van der Waals surface area (Å²) in [4.78, 5) is 20.2. The fourth-order valence-corrected chi connectivity index (χ4v) is 2.06. The lowest BCUT2D eigenvalue weighted by Crippen LogP contribution is -2.19. The summed E-state index contributed by atoms with van der Waals surface area (Å²) >= 11 is 0. The molecule has 0 aliphatic heterocycles. The van der Waals surface area contributed by atoms with Gasteiger partial charge in [-0.05, 0) is 73.5 Å². The van der Waals surface area contributed by atoms with Crippen molar-refractivity contribution in [1.82, 2.24) is 0 Å². The number of carbonyl (C=O) groups excluding carboxylic acids is 1. The van der Waals surface area contributed by atoms with Crippen molar-refractivity contribution in [1.29, 1.82) is 0 Å². The van der Waals surface area contributed by atoms with Crippen LogP contribution in [0.3, 0.4) is 0 Å². The molecule has 0 saturated heterocycles. The molecule has 220 valence electrons. The Morgan fingerprint density at radius 3 is 1.55 bits per heavy atom. The summed E-state index contributed by atoms with van der Waals surface area (Å²) in [7, 11) is 0. The quantitative estimate of drug-likeness (QED) is 0.0799. The molecule has 7 nitrogen and oxygen atoms in total. The molecule has 0 spiro atoms. The highest BCUT2D eigenvalue weighted by atomic mass is 19.4. The number of phenols is 1. The average Bonchev–Trinajstić information content (AvgIpc) is 2.78. The number of hydrogen-bond donors (Lipinski definition) is 2. The van der Waals surface area contributed by atoms with E-state index >= 15 is 0 Å². The number of carboxylic acids is 1. The molecule has 0 unspecified atom stereocenters. The van der Waals surface area contributed by atoms with Crippen LogP contribution in [0.25, 0.3) is 0 Å². The molecule has 40 heavy (non-hydrogen) atoms. The third kappa shape index (κ3) is 19.7. The summed E-state index contributed by atoms with van der Waals surface area (Å²) in [6.45, 7) is 15.0. The lowest BCUT2D eigenvalue weighted by molar-refractivity contribution is -0.167. The molecule has 0 atom stereocenters. The fourth-order valence-electron chi connectivity index (χ4n) is 2.06. The zero-order chi connectivity index (χ0) is 31.1. The van der Waals surface area contributed by atoms with Gasteiger partial charge < -0.3 is 24.4 Å². The molecule has 0 aliphatic rings. The Labute approximate surface area is 226 Å². The molecule has 2 rings (SSSR count). The van der Waals surface area contributed by atoms with Crippen LogP contribution in [-0.2, 0) is 9.59 Å². The molecule has 2 aromatic rings. The van der Waals surface area contributed by atoms with E-state index < -0.39 is 37.1 Å². The normalized spacial score (nSPS) is 10.5. The van der Waals surface area contributed by atoms with Gasteiger partial charge in [0.15, 0.2) is 0 Å². The first-order valence-corrected chi connectivity index (χ1v) is 11.0. The van der Waals surface area contributed by atoms with Crippen molar-refractivity contribution >= 4 is 11.9 Å². The number of ether oxygens (including phenoxy) is 3. The van der Waals surface area contributed by atoms with Crippen LogP contribution in [0.5, 0.6) is 23.0 Å². The number of halogens is 6. The van der Waals surface area contributed by atoms with Crippen molar-refractivity contribution in [3.63, 3.8) is 0 Å². The van der Waals surface area contributed by atoms with Crippen molar-refractivity contribution < 1.29 is 60.4 Å². The number of benzene rings is 2. The second-order valence-corrected chi connectivity index (χ2v) is 7.97. The number of rotatable bonds is 9. The maximum atomic E-state index is 11.9. The zero-order valence-electron chi connectivity index (χ0n) is 21.6. The molecule has 0 bridgehead atoms. The van der Waals surface area contributed by atoms with E-state index in [1.807, 2.05) is 6.92 Å². The minimum Gasteiger partial charge on any atom is -0.508 e. The van der Waals surface area contributed by atoms with Crippen LogP contribution in [0.4, 0.5) is 26.3 Å². The first-order chi connectivity index (χ1) is 18.3. The van der Waals surface area contributed by atoms with Crippen LogP contribution in [-0.4, -0.2) is 41.1 Å². The molecule has 0 amide bonds. The van der Waals surface area contributed by atoms with Crippen LogP contribution in [0.2, 0.25) is 0 Å². The van der Waals surface area contributed by atoms with Crippen LogP contribution in [0.1, 0.15) is 26.7 Å². The number of carboxylic acid groups (broad SMARTS) is 1. The van der Waals surface area contributed by atoms with Gasteiger partial charge in [0.1, 0.15) is 48.2 Å². The third-order valence-electron chi connectivity index (χ3n) is 3.79. The lowest BCUT2D eigenvalue weighted by Gasteiger charge is -2.08. The average molecular weight is 579 g/mol. The second kappa shape index (κ2) is 16.5. The Bertz CT molecular complexity index is 1140. The van der Waals surface area contributed by atoms with Gasteiger partial charge >= 0.3 is 24.3 Å². The summed E-state index contributed by atoms with van der Waals surface area (Å²) in [5, 5.41) is 16.5. The van der Waals surface area contributed by atoms with E-state index in [1.165, 1.54) is 24.3 Å². The van der Waals surface area contributed by atoms with Gasteiger partial charge in [-0.15, -0.1) is 0 Å². The first kappa shape index (κ1) is 35.6. The molecule has 0 radical (unpaired) electrons. The molecule has 0 saturated carbocycles. The molecule has 2 aromatic carbocycles. The van der Waals surface area contributed by atoms with Crippen molar-refractivity contribution in [3.8, 4) is 23.0 Å². The minimum absolute atomic E-state index is 0.0388. The number of hydrogen-bond acceptors (Lipinski definition) is 6. The molecule has 13 heteroatoms. The van der Waals surface area contributed by atoms with Crippen molar-refractivity contribution in [2.75, 3.05) is 6.61 Å². The predicted molar refractivity (Wildman–Crippen MR) is 134 cm³/mol. The summed E-state index contributed by atoms with van der Waals surface area (Å²) < 4.78 is 83.7. The maximum Gasteiger partial charge on any atom is 0.399 e. The summed E-state index contributed by atoms with van der Waals surface area (Å²) in [5.41, 5.74) is 1.62. The number of phenolic OH excluding ortho intramolecular Hbond substituents is 1. The van der Waals surface area contributed by atoms with Gasteiger partial charge in [-0.3, -0.25) is 9.59 Å². The molecule has 2 N–H and O–H groups in total. The topological polar surface area (TPSA) is 102 Å². The minimum atomic E-state index is -4.58. The molecule has 0 aromatic heterocycles. The van der Waals surface area contributed by atoms with Gasteiger partial charge in [0.2, 0.25) is 0 Å². The highest BCUT2D eigenvalue weighted by Gasteiger charge is 2.32. The van der Waals surface area contributed by atoms with Crippen molar-refractivity contribution in [2.24, 2.45) is 0 Å². The first-order valence-electron chi connectivity index (χ1n) is 11.0. The van der Waals surface area contributed by atoms with Crippen LogP contribution in [0.15, 0.2) is 85.2 Å². The van der Waals surface area contributed by atoms with Crippen LogP contribution < -0.4 is 14.2 Å². The van der Waals surface area contributed by atoms with Gasteiger partial charge in [-0.25, -0.2) is 0 Å². The summed E-state index contributed by atoms with van der Waals surface area (Å²) in [6, 6.07) is 12.2. The van der Waals surface area contributed by atoms with E-state index in [2.05, 4.69) is 24.5 Å². The fraction of sp³-hybridized carbons (Fsp3) is 0.259. The Kier molecular flexibility index (Phi) is 14.7. The van der Waals surface area contributed by atoms with E-state index in [1.54, 1.807) is 31.2 Å².